The molecule has 1 aromatic carbocycles. The highest BCUT2D eigenvalue weighted by molar-refractivity contribution is 9.10. The van der Waals surface area contributed by atoms with Crippen LogP contribution in [-0.2, 0) is 16.9 Å². The summed E-state index contributed by atoms with van der Waals surface area (Å²) in [4.78, 5) is 24.3. The maximum atomic E-state index is 13.3. The summed E-state index contributed by atoms with van der Waals surface area (Å²) in [7, 11) is 0. The number of nitro groups is 1. The number of carbonyl (C=O) groups excluding carboxylic acids is 1. The topological polar surface area (TPSA) is 108 Å². The predicted molar refractivity (Wildman–Crippen MR) is 148 cm³/mol. The average Bonchev–Trinajstić information content (AvgIpc) is 3.37. The van der Waals surface area contributed by atoms with Gasteiger partial charge in [-0.1, -0.05) is 40.9 Å². The van der Waals surface area contributed by atoms with Crippen LogP contribution in [0.4, 0.5) is 11.6 Å². The minimum atomic E-state index is -0.465. The molecule has 7 rings (SSSR count). The van der Waals surface area contributed by atoms with Gasteiger partial charge in [-0.3, -0.25) is 9.48 Å². The molecule has 9 nitrogen and oxygen atoms in total. The van der Waals surface area contributed by atoms with Crippen molar-refractivity contribution < 1.29 is 9.72 Å². The van der Waals surface area contributed by atoms with Crippen LogP contribution in [0.2, 0.25) is 15.1 Å². The zero-order valence-corrected chi connectivity index (χ0v) is 24.0. The van der Waals surface area contributed by atoms with E-state index in [1.54, 1.807) is 40.0 Å². The zero-order chi connectivity index (χ0) is 26.8. The Morgan fingerprint density at radius 3 is 2.42 bits per heavy atom. The Bertz CT molecular complexity index is 1420. The van der Waals surface area contributed by atoms with Gasteiger partial charge < -0.3 is 15.4 Å². The SMILES string of the molecule is O=C(CC12CC3CC(C1)CC(n1cc(Br)c([N+](=O)[O-])n1)(C3)C2)Nc1nn(Cc2c(Cl)cccc2Cl)cc1Cl. The molecule has 4 aliphatic rings. The van der Waals surface area contributed by atoms with Crippen LogP contribution in [0.3, 0.4) is 0 Å². The first-order chi connectivity index (χ1) is 18.0. The number of benzene rings is 1. The van der Waals surface area contributed by atoms with Crippen molar-refractivity contribution in [2.24, 2.45) is 17.3 Å². The molecule has 0 aliphatic heterocycles. The molecule has 4 bridgehead atoms. The Labute approximate surface area is 242 Å². The largest absolute Gasteiger partial charge is 0.404 e. The van der Waals surface area contributed by atoms with Crippen molar-refractivity contribution in [2.75, 3.05) is 5.32 Å². The molecule has 4 saturated carbocycles. The Morgan fingerprint density at radius 2 is 1.79 bits per heavy atom. The lowest BCUT2D eigenvalue weighted by atomic mass is 9.46. The van der Waals surface area contributed by atoms with Crippen molar-refractivity contribution in [3.63, 3.8) is 0 Å². The Hall–Kier alpha value is -2.14. The molecule has 1 amide bonds. The second-order valence-electron chi connectivity index (χ2n) is 11.1. The lowest BCUT2D eigenvalue weighted by Gasteiger charge is -2.61. The van der Waals surface area contributed by atoms with E-state index in [1.165, 1.54) is 0 Å². The van der Waals surface area contributed by atoms with Gasteiger partial charge >= 0.3 is 5.82 Å². The average molecular weight is 643 g/mol. The molecule has 3 aromatic rings. The first kappa shape index (κ1) is 26.1. The monoisotopic (exact) mass is 640 g/mol. The van der Waals surface area contributed by atoms with Gasteiger partial charge in [0.25, 0.3) is 0 Å². The van der Waals surface area contributed by atoms with Gasteiger partial charge in [0.2, 0.25) is 5.91 Å². The van der Waals surface area contributed by atoms with E-state index < -0.39 is 4.92 Å². The standard InChI is InChI=1S/C25H24BrCl3N6O3/c26-17-11-34(32-23(17)35(37)38)25-7-14-4-15(8-25)6-24(5-14,13-25)9-21(36)30-22-20(29)12-33(31-22)10-16-18(27)2-1-3-19(16)28/h1-3,11-12,14-15H,4-10,13H2,(H,30,31,36). The van der Waals surface area contributed by atoms with E-state index >= 15 is 0 Å². The molecule has 38 heavy (non-hydrogen) atoms. The fourth-order valence-electron chi connectivity index (χ4n) is 7.51. The third kappa shape index (κ3) is 4.63. The molecule has 2 atom stereocenters. The molecule has 4 aliphatic carbocycles. The van der Waals surface area contributed by atoms with E-state index in [-0.39, 0.29) is 22.7 Å². The number of rotatable bonds is 7. The molecular formula is C25H24BrCl3N6O3. The van der Waals surface area contributed by atoms with Gasteiger partial charge in [0.05, 0.1) is 23.4 Å². The van der Waals surface area contributed by atoms with E-state index in [4.69, 9.17) is 34.8 Å². The third-order valence-corrected chi connectivity index (χ3v) is 9.90. The van der Waals surface area contributed by atoms with Crippen molar-refractivity contribution >= 4 is 68.3 Å². The van der Waals surface area contributed by atoms with Crippen LogP contribution in [0.5, 0.6) is 0 Å². The van der Waals surface area contributed by atoms with Crippen LogP contribution in [0.15, 0.2) is 35.1 Å². The normalized spacial score (nSPS) is 27.6. The van der Waals surface area contributed by atoms with Gasteiger partial charge in [-0.05, 0) is 88.8 Å². The summed E-state index contributed by atoms with van der Waals surface area (Å²) in [6.07, 6.45) is 9.40. The van der Waals surface area contributed by atoms with Crippen molar-refractivity contribution in [1.82, 2.24) is 19.6 Å². The number of halogens is 4. The van der Waals surface area contributed by atoms with Crippen molar-refractivity contribution in [3.8, 4) is 0 Å². The molecule has 4 fully saturated rings. The van der Waals surface area contributed by atoms with Crippen LogP contribution in [-0.4, -0.2) is 30.4 Å². The molecule has 0 saturated heterocycles. The first-order valence-electron chi connectivity index (χ1n) is 12.4. The summed E-state index contributed by atoms with van der Waals surface area (Å²) < 4.78 is 3.79. The van der Waals surface area contributed by atoms with Gasteiger partial charge in [-0.25, -0.2) is 0 Å². The number of anilines is 1. The van der Waals surface area contributed by atoms with Gasteiger partial charge in [0, 0.05) is 28.2 Å². The molecule has 200 valence electrons. The van der Waals surface area contributed by atoms with E-state index in [0.717, 1.165) is 44.1 Å². The zero-order valence-electron chi connectivity index (χ0n) is 20.2. The maximum absolute atomic E-state index is 13.3. The number of nitrogens with one attached hydrogen (secondary N) is 1. The van der Waals surface area contributed by atoms with E-state index in [2.05, 4.69) is 31.4 Å². The lowest BCUT2D eigenvalue weighted by molar-refractivity contribution is -0.390. The van der Waals surface area contributed by atoms with Gasteiger partial charge in [-0.2, -0.15) is 9.78 Å². The lowest BCUT2D eigenvalue weighted by Crippen LogP contribution is -2.57. The highest BCUT2D eigenvalue weighted by atomic mass is 79.9. The van der Waals surface area contributed by atoms with Gasteiger partial charge in [0.1, 0.15) is 9.50 Å². The first-order valence-corrected chi connectivity index (χ1v) is 14.3. The molecule has 2 unspecified atom stereocenters. The van der Waals surface area contributed by atoms with Gasteiger partial charge in [-0.15, -0.1) is 0 Å². The van der Waals surface area contributed by atoms with Crippen molar-refractivity contribution in [2.45, 2.75) is 57.0 Å². The smallest absolute Gasteiger partial charge is 0.358 e. The molecule has 0 spiro atoms. The van der Waals surface area contributed by atoms with Crippen molar-refractivity contribution in [3.05, 3.63) is 65.8 Å². The Kier molecular flexibility index (Phi) is 6.53. The fraction of sp³-hybridized carbons (Fsp3) is 0.480. The van der Waals surface area contributed by atoms with Crippen LogP contribution in [0.25, 0.3) is 0 Å². The molecule has 0 radical (unpaired) electrons. The van der Waals surface area contributed by atoms with E-state index in [9.17, 15) is 14.9 Å². The van der Waals surface area contributed by atoms with E-state index in [0.29, 0.717) is 50.2 Å². The third-order valence-electron chi connectivity index (χ3n) is 8.35. The predicted octanol–water partition coefficient (Wildman–Crippen LogP) is 7.08. The summed E-state index contributed by atoms with van der Waals surface area (Å²) in [5, 5.41) is 24.5. The van der Waals surface area contributed by atoms with Crippen LogP contribution < -0.4 is 5.32 Å². The number of hydrogen-bond donors (Lipinski definition) is 1. The number of hydrogen-bond acceptors (Lipinski definition) is 5. The summed E-state index contributed by atoms with van der Waals surface area (Å²) >= 11 is 22.3. The molecule has 1 N–H and O–H groups in total. The number of amides is 1. The number of nitrogens with zero attached hydrogens (tertiary/aromatic N) is 5. The fourth-order valence-corrected chi connectivity index (χ4v) is 8.64. The Balaban J connectivity index is 1.20. The Morgan fingerprint density at radius 1 is 1.11 bits per heavy atom. The summed E-state index contributed by atoms with van der Waals surface area (Å²) in [5.41, 5.74) is 0.216. The van der Waals surface area contributed by atoms with Crippen molar-refractivity contribution in [1.29, 1.82) is 0 Å². The van der Waals surface area contributed by atoms with E-state index in [1.807, 2.05) is 0 Å². The van der Waals surface area contributed by atoms with Gasteiger partial charge in [0.15, 0.2) is 5.82 Å². The number of carbonyl (C=O) groups is 1. The minimum absolute atomic E-state index is 0.141. The summed E-state index contributed by atoms with van der Waals surface area (Å²) in [5.74, 6) is 0.919. The summed E-state index contributed by atoms with van der Waals surface area (Å²) in [6.45, 7) is 0.315. The highest BCUT2D eigenvalue weighted by Gasteiger charge is 2.60. The molecular weight excluding hydrogens is 619 g/mol. The quantitative estimate of drug-likeness (QED) is 0.219. The second-order valence-corrected chi connectivity index (χ2v) is 13.2. The van der Waals surface area contributed by atoms with Crippen LogP contribution in [0.1, 0.15) is 50.5 Å². The minimum Gasteiger partial charge on any atom is -0.358 e. The highest BCUT2D eigenvalue weighted by Crippen LogP contribution is 2.65. The van der Waals surface area contributed by atoms with Crippen LogP contribution >= 0.6 is 50.7 Å². The summed E-state index contributed by atoms with van der Waals surface area (Å²) in [6, 6.07) is 5.29. The molecule has 13 heteroatoms. The second kappa shape index (κ2) is 9.50. The molecule has 2 aromatic heterocycles. The van der Waals surface area contributed by atoms with Crippen LogP contribution in [0, 0.1) is 27.4 Å². The maximum Gasteiger partial charge on any atom is 0.404 e. The molecule has 2 heterocycles. The number of aromatic nitrogens is 4.